The molecular weight excluding hydrogens is 266 g/mol. The zero-order valence-electron chi connectivity index (χ0n) is 11.4. The maximum Gasteiger partial charge on any atom is 0.122 e. The molecule has 0 bridgehead atoms. The summed E-state index contributed by atoms with van der Waals surface area (Å²) >= 11 is 4.99. The van der Waals surface area contributed by atoms with Crippen LogP contribution >= 0.6 is 12.2 Å². The first-order valence-corrected chi connectivity index (χ1v) is 7.15. The molecule has 0 amide bonds. The molecule has 1 unspecified atom stereocenters. The van der Waals surface area contributed by atoms with Gasteiger partial charge in [-0.2, -0.15) is 0 Å². The summed E-state index contributed by atoms with van der Waals surface area (Å²) in [6.45, 7) is 3.12. The Morgan fingerprint density at radius 3 is 3.00 bits per heavy atom. The van der Waals surface area contributed by atoms with E-state index in [1.807, 2.05) is 12.1 Å². The largest absolute Gasteiger partial charge is 0.388 e. The standard InChI is InChI=1S/C16H17N3S/c1-11-8-13-4-2-3-5-15(13)19(11)10-12-6-7-18-14(9-12)16(17)20/h2-7,9,11H,8,10H2,1H3,(H2,17,20). The zero-order chi connectivity index (χ0) is 14.1. The van der Waals surface area contributed by atoms with Gasteiger partial charge in [-0.3, -0.25) is 4.98 Å². The predicted octanol–water partition coefficient (Wildman–Crippen LogP) is 2.67. The van der Waals surface area contributed by atoms with E-state index >= 15 is 0 Å². The Kier molecular flexibility index (Phi) is 3.40. The number of nitrogens with zero attached hydrogens (tertiary/aromatic N) is 2. The summed E-state index contributed by atoms with van der Waals surface area (Å²) < 4.78 is 0. The fraction of sp³-hybridized carbons (Fsp3) is 0.250. The van der Waals surface area contributed by atoms with Crippen molar-refractivity contribution in [1.82, 2.24) is 4.98 Å². The summed E-state index contributed by atoms with van der Waals surface area (Å²) in [6, 6.07) is 13.1. The van der Waals surface area contributed by atoms with Crippen molar-refractivity contribution in [3.8, 4) is 0 Å². The smallest absolute Gasteiger partial charge is 0.122 e. The molecule has 2 aromatic rings. The molecule has 0 radical (unpaired) electrons. The Labute approximate surface area is 124 Å². The van der Waals surface area contributed by atoms with Crippen LogP contribution in [-0.4, -0.2) is 16.0 Å². The number of benzene rings is 1. The number of pyridine rings is 1. The summed E-state index contributed by atoms with van der Waals surface area (Å²) in [4.78, 5) is 6.97. The van der Waals surface area contributed by atoms with E-state index in [0.29, 0.717) is 16.7 Å². The van der Waals surface area contributed by atoms with E-state index in [2.05, 4.69) is 41.1 Å². The second-order valence-electron chi connectivity index (χ2n) is 5.22. The van der Waals surface area contributed by atoms with Crippen LogP contribution in [0.3, 0.4) is 0 Å². The van der Waals surface area contributed by atoms with Gasteiger partial charge in [-0.05, 0) is 42.7 Å². The highest BCUT2D eigenvalue weighted by Crippen LogP contribution is 2.32. The molecule has 2 N–H and O–H groups in total. The lowest BCUT2D eigenvalue weighted by Crippen LogP contribution is -2.28. The van der Waals surface area contributed by atoms with E-state index < -0.39 is 0 Å². The summed E-state index contributed by atoms with van der Waals surface area (Å²) in [6.07, 6.45) is 2.87. The number of rotatable bonds is 3. The number of fused-ring (bicyclic) bond motifs is 1. The molecule has 0 aliphatic carbocycles. The maximum absolute atomic E-state index is 5.65. The molecule has 1 atom stereocenters. The molecule has 0 saturated carbocycles. The molecule has 2 heterocycles. The van der Waals surface area contributed by atoms with Crippen molar-refractivity contribution in [3.05, 3.63) is 59.4 Å². The molecule has 0 saturated heterocycles. The lowest BCUT2D eigenvalue weighted by Gasteiger charge is -2.25. The Morgan fingerprint density at radius 2 is 2.20 bits per heavy atom. The van der Waals surface area contributed by atoms with E-state index in [0.717, 1.165) is 13.0 Å². The van der Waals surface area contributed by atoms with Gasteiger partial charge in [-0.25, -0.2) is 0 Å². The van der Waals surface area contributed by atoms with Gasteiger partial charge in [0.05, 0.1) is 5.69 Å². The Morgan fingerprint density at radius 1 is 1.40 bits per heavy atom. The van der Waals surface area contributed by atoms with Crippen LogP contribution < -0.4 is 10.6 Å². The van der Waals surface area contributed by atoms with Gasteiger partial charge < -0.3 is 10.6 Å². The van der Waals surface area contributed by atoms with E-state index in [1.54, 1.807) is 6.20 Å². The van der Waals surface area contributed by atoms with Crippen molar-refractivity contribution in [3.63, 3.8) is 0 Å². The first-order valence-electron chi connectivity index (χ1n) is 6.74. The van der Waals surface area contributed by atoms with Gasteiger partial charge >= 0.3 is 0 Å². The van der Waals surface area contributed by atoms with Crippen LogP contribution in [0.25, 0.3) is 0 Å². The van der Waals surface area contributed by atoms with E-state index in [9.17, 15) is 0 Å². The van der Waals surface area contributed by atoms with Crippen molar-refractivity contribution >= 4 is 22.9 Å². The first-order chi connectivity index (χ1) is 9.65. The second-order valence-corrected chi connectivity index (χ2v) is 5.66. The zero-order valence-corrected chi connectivity index (χ0v) is 12.2. The normalized spacial score (nSPS) is 17.1. The minimum atomic E-state index is 0.349. The van der Waals surface area contributed by atoms with E-state index in [1.165, 1.54) is 16.8 Å². The highest BCUT2D eigenvalue weighted by atomic mass is 32.1. The third-order valence-electron chi connectivity index (χ3n) is 3.78. The third-order valence-corrected chi connectivity index (χ3v) is 3.99. The fourth-order valence-electron chi connectivity index (χ4n) is 2.77. The van der Waals surface area contributed by atoms with Crippen molar-refractivity contribution in [2.75, 3.05) is 4.90 Å². The van der Waals surface area contributed by atoms with Crippen LogP contribution in [0.4, 0.5) is 5.69 Å². The van der Waals surface area contributed by atoms with Crippen LogP contribution in [0.5, 0.6) is 0 Å². The Balaban J connectivity index is 1.88. The summed E-state index contributed by atoms with van der Waals surface area (Å²) in [5, 5.41) is 0. The molecule has 1 aliphatic rings. The van der Waals surface area contributed by atoms with Gasteiger partial charge in [0.15, 0.2) is 0 Å². The molecule has 4 heteroatoms. The summed E-state index contributed by atoms with van der Waals surface area (Å²) in [5.41, 5.74) is 10.3. The number of thiocarbonyl (C=S) groups is 1. The van der Waals surface area contributed by atoms with E-state index in [-0.39, 0.29) is 0 Å². The molecule has 0 fully saturated rings. The number of hydrogen-bond acceptors (Lipinski definition) is 3. The highest BCUT2D eigenvalue weighted by molar-refractivity contribution is 7.80. The quantitative estimate of drug-likeness (QED) is 0.879. The topological polar surface area (TPSA) is 42.2 Å². The Hall–Kier alpha value is -1.94. The Bertz CT molecular complexity index is 654. The first kappa shape index (κ1) is 13.1. The number of anilines is 1. The van der Waals surface area contributed by atoms with Crippen molar-refractivity contribution in [2.24, 2.45) is 5.73 Å². The molecular formula is C16H17N3S. The number of aromatic nitrogens is 1. The lowest BCUT2D eigenvalue weighted by molar-refractivity contribution is 0.672. The summed E-state index contributed by atoms with van der Waals surface area (Å²) in [5.74, 6) is 0. The minimum absolute atomic E-state index is 0.349. The fourth-order valence-corrected chi connectivity index (χ4v) is 2.89. The van der Waals surface area contributed by atoms with Crippen molar-refractivity contribution in [2.45, 2.75) is 25.9 Å². The summed E-state index contributed by atoms with van der Waals surface area (Å²) in [7, 11) is 0. The molecule has 102 valence electrons. The number of para-hydroxylation sites is 1. The lowest BCUT2D eigenvalue weighted by atomic mass is 10.1. The molecule has 3 rings (SSSR count). The van der Waals surface area contributed by atoms with Gasteiger partial charge in [0.2, 0.25) is 0 Å². The van der Waals surface area contributed by atoms with E-state index in [4.69, 9.17) is 18.0 Å². The molecule has 1 aliphatic heterocycles. The van der Waals surface area contributed by atoms with Crippen LogP contribution in [-0.2, 0) is 13.0 Å². The molecule has 0 spiro atoms. The molecule has 1 aromatic heterocycles. The van der Waals surface area contributed by atoms with Gasteiger partial charge in [0.25, 0.3) is 0 Å². The minimum Gasteiger partial charge on any atom is -0.388 e. The maximum atomic E-state index is 5.65. The van der Waals surface area contributed by atoms with Crippen LogP contribution in [0.15, 0.2) is 42.6 Å². The predicted molar refractivity (Wildman–Crippen MR) is 85.9 cm³/mol. The van der Waals surface area contributed by atoms with Crippen LogP contribution in [0.2, 0.25) is 0 Å². The highest BCUT2D eigenvalue weighted by Gasteiger charge is 2.25. The van der Waals surface area contributed by atoms with Crippen molar-refractivity contribution < 1.29 is 0 Å². The average molecular weight is 283 g/mol. The monoisotopic (exact) mass is 283 g/mol. The SMILES string of the molecule is CC1Cc2ccccc2N1Cc1ccnc(C(N)=S)c1. The third kappa shape index (κ3) is 2.39. The molecule has 3 nitrogen and oxygen atoms in total. The van der Waals surface area contributed by atoms with Crippen LogP contribution in [0, 0.1) is 0 Å². The second kappa shape index (κ2) is 5.21. The van der Waals surface area contributed by atoms with Gasteiger partial charge in [0.1, 0.15) is 4.99 Å². The molecule has 1 aromatic carbocycles. The average Bonchev–Trinajstić information content (AvgIpc) is 2.76. The number of hydrogen-bond donors (Lipinski definition) is 1. The van der Waals surface area contributed by atoms with Crippen LogP contribution in [0.1, 0.15) is 23.7 Å². The van der Waals surface area contributed by atoms with Crippen molar-refractivity contribution in [1.29, 1.82) is 0 Å². The van der Waals surface area contributed by atoms with Gasteiger partial charge in [-0.15, -0.1) is 0 Å². The van der Waals surface area contributed by atoms with Gasteiger partial charge in [-0.1, -0.05) is 30.4 Å². The molecule has 20 heavy (non-hydrogen) atoms. The van der Waals surface area contributed by atoms with Gasteiger partial charge in [0, 0.05) is 24.5 Å². The number of nitrogens with two attached hydrogens (primary N) is 1.